The van der Waals surface area contributed by atoms with Gasteiger partial charge in [0.25, 0.3) is 11.5 Å². The van der Waals surface area contributed by atoms with Gasteiger partial charge in [-0.25, -0.2) is 17.8 Å². The molecular weight excluding hydrogens is 677 g/mol. The fourth-order valence-corrected chi connectivity index (χ4v) is 8.78. The number of hydrogen-bond donors (Lipinski definition) is 0. The second-order valence-corrected chi connectivity index (χ2v) is 15.2. The number of anilines is 1. The third kappa shape index (κ3) is 6.46. The van der Waals surface area contributed by atoms with Crippen LogP contribution >= 0.6 is 24.0 Å². The van der Waals surface area contributed by atoms with Crippen molar-refractivity contribution in [2.75, 3.05) is 18.0 Å². The summed E-state index contributed by atoms with van der Waals surface area (Å²) in [5, 5.41) is 4.87. The van der Waals surface area contributed by atoms with Gasteiger partial charge < -0.3 is 0 Å². The zero-order valence-electron chi connectivity index (χ0n) is 27.6. The van der Waals surface area contributed by atoms with Crippen LogP contribution in [0.5, 0.6) is 0 Å². The third-order valence-corrected chi connectivity index (χ3v) is 11.5. The average Bonchev–Trinajstić information content (AvgIpc) is 3.72. The van der Waals surface area contributed by atoms with Crippen LogP contribution in [0.2, 0.25) is 0 Å². The van der Waals surface area contributed by atoms with Gasteiger partial charge in [0.05, 0.1) is 26.9 Å². The summed E-state index contributed by atoms with van der Waals surface area (Å²) in [6, 6.07) is 25.5. The average molecular weight is 713 g/mol. The van der Waals surface area contributed by atoms with Crippen LogP contribution in [0, 0.1) is 6.92 Å². The zero-order chi connectivity index (χ0) is 34.9. The Kier molecular flexibility index (Phi) is 9.89. The van der Waals surface area contributed by atoms with Crippen LogP contribution in [0.3, 0.4) is 0 Å². The Morgan fingerprint density at radius 1 is 0.898 bits per heavy atom. The van der Waals surface area contributed by atoms with Crippen LogP contribution in [0.15, 0.2) is 106 Å². The molecule has 252 valence electrons. The molecule has 0 radical (unpaired) electrons. The number of thiocarbonyl (C=S) groups is 1. The lowest BCUT2D eigenvalue weighted by Gasteiger charge is -2.21. The highest BCUT2D eigenvalue weighted by Crippen LogP contribution is 2.38. The van der Waals surface area contributed by atoms with E-state index in [0.29, 0.717) is 59.0 Å². The number of benzene rings is 3. The molecule has 6 rings (SSSR count). The first-order chi connectivity index (χ1) is 23.6. The largest absolute Gasteiger partial charge is 0.296 e. The Hall–Kier alpha value is -4.56. The minimum Gasteiger partial charge on any atom is -0.283 e. The molecular formula is C36H36N6O4S3. The molecule has 13 heteroatoms. The molecule has 0 aliphatic carbocycles. The summed E-state index contributed by atoms with van der Waals surface area (Å²) in [4.78, 5) is 29.6. The van der Waals surface area contributed by atoms with E-state index in [1.165, 1.54) is 13.9 Å². The molecule has 10 nitrogen and oxygen atoms in total. The molecule has 0 spiro atoms. The Bertz CT molecular complexity index is 2230. The number of rotatable bonds is 11. The minimum atomic E-state index is -3.75. The van der Waals surface area contributed by atoms with E-state index in [0.717, 1.165) is 17.4 Å². The number of nitrogens with zero attached hydrogens (tertiary/aromatic N) is 6. The number of amides is 1. The molecule has 0 saturated carbocycles. The van der Waals surface area contributed by atoms with Crippen molar-refractivity contribution >= 4 is 56.0 Å². The normalized spacial score (nSPS) is 14.5. The van der Waals surface area contributed by atoms with Crippen molar-refractivity contribution in [3.8, 4) is 22.6 Å². The molecule has 3 aromatic carbocycles. The second-order valence-electron chi connectivity index (χ2n) is 11.6. The van der Waals surface area contributed by atoms with Gasteiger partial charge in [0.1, 0.15) is 11.4 Å². The van der Waals surface area contributed by atoms with Gasteiger partial charge in [-0.3, -0.25) is 19.2 Å². The molecule has 5 aromatic rings. The van der Waals surface area contributed by atoms with Crippen LogP contribution in [-0.2, 0) is 21.9 Å². The Morgan fingerprint density at radius 3 is 2.16 bits per heavy atom. The van der Waals surface area contributed by atoms with Crippen molar-refractivity contribution in [3.63, 3.8) is 0 Å². The van der Waals surface area contributed by atoms with E-state index in [-0.39, 0.29) is 20.5 Å². The Morgan fingerprint density at radius 2 is 1.53 bits per heavy atom. The van der Waals surface area contributed by atoms with E-state index in [4.69, 9.17) is 17.3 Å². The highest BCUT2D eigenvalue weighted by molar-refractivity contribution is 8.27. The van der Waals surface area contributed by atoms with Crippen LogP contribution < -0.4 is 10.5 Å². The van der Waals surface area contributed by atoms with Gasteiger partial charge in [-0.1, -0.05) is 86.4 Å². The van der Waals surface area contributed by atoms with Crippen LogP contribution in [0.4, 0.5) is 5.69 Å². The van der Waals surface area contributed by atoms with E-state index < -0.39 is 15.9 Å². The second kappa shape index (κ2) is 14.1. The summed E-state index contributed by atoms with van der Waals surface area (Å²) in [6.07, 6.45) is 4.91. The highest BCUT2D eigenvalue weighted by Gasteiger charge is 2.38. The molecule has 0 atom stereocenters. The number of sulfonamides is 1. The van der Waals surface area contributed by atoms with Gasteiger partial charge in [-0.2, -0.15) is 9.40 Å². The van der Waals surface area contributed by atoms with Gasteiger partial charge in [0, 0.05) is 37.5 Å². The van der Waals surface area contributed by atoms with E-state index in [1.54, 1.807) is 53.8 Å². The van der Waals surface area contributed by atoms with Crippen LogP contribution in [0.25, 0.3) is 28.7 Å². The summed E-state index contributed by atoms with van der Waals surface area (Å²) in [5.41, 5.74) is 3.53. The maximum Gasteiger partial charge on any atom is 0.296 e. The summed E-state index contributed by atoms with van der Waals surface area (Å²) in [5.74, 6) is -0.425. The van der Waals surface area contributed by atoms with Crippen LogP contribution in [-0.4, -0.2) is 55.2 Å². The standard InChI is InChI=1S/C36H36N6O4S3/c1-5-20-39(21-6-2)49(45,46)30-19-13-14-26(22-30)32-27(24-40(37-32)28-15-9-7-10-16-28)23-31-34(43)41(36(47)48-31)33-25(3)38(4)42(35(33)44)29-17-11-8-12-18-29/h7-19,22-24H,5-6,20-21H2,1-4H3/b31-23-. The summed E-state index contributed by atoms with van der Waals surface area (Å²) in [6.45, 7) is 6.54. The molecule has 1 aliphatic rings. The van der Waals surface area contributed by atoms with Crippen molar-refractivity contribution < 1.29 is 13.2 Å². The predicted molar refractivity (Wildman–Crippen MR) is 200 cm³/mol. The topological polar surface area (TPSA) is 102 Å². The first kappa shape index (κ1) is 34.3. The predicted octanol–water partition coefficient (Wildman–Crippen LogP) is 6.55. The monoisotopic (exact) mass is 712 g/mol. The summed E-state index contributed by atoms with van der Waals surface area (Å²) < 4.78 is 34.1. The van der Waals surface area contributed by atoms with Gasteiger partial charge in [0.2, 0.25) is 10.0 Å². The maximum absolute atomic E-state index is 14.1. The van der Waals surface area contributed by atoms with Crippen LogP contribution in [0.1, 0.15) is 37.9 Å². The molecule has 2 aromatic heterocycles. The molecule has 0 bridgehead atoms. The Balaban J connectivity index is 1.44. The molecule has 1 aliphatic heterocycles. The van der Waals surface area contributed by atoms with Gasteiger partial charge in [-0.15, -0.1) is 0 Å². The number of carbonyl (C=O) groups is 1. The van der Waals surface area contributed by atoms with Crippen molar-refractivity contribution in [1.82, 2.24) is 23.4 Å². The molecule has 3 heterocycles. The minimum absolute atomic E-state index is 0.174. The fraction of sp³-hybridized carbons (Fsp3) is 0.222. The smallest absolute Gasteiger partial charge is 0.283 e. The van der Waals surface area contributed by atoms with Gasteiger partial charge >= 0.3 is 0 Å². The summed E-state index contributed by atoms with van der Waals surface area (Å²) >= 11 is 6.80. The van der Waals surface area contributed by atoms with Crippen molar-refractivity contribution in [3.05, 3.63) is 118 Å². The first-order valence-corrected chi connectivity index (χ1v) is 18.6. The molecule has 0 N–H and O–H groups in total. The molecule has 49 heavy (non-hydrogen) atoms. The number of thioether (sulfide) groups is 1. The number of para-hydroxylation sites is 2. The number of carbonyl (C=O) groups excluding carboxylic acids is 1. The fourth-order valence-electron chi connectivity index (χ4n) is 5.85. The van der Waals surface area contributed by atoms with E-state index in [9.17, 15) is 18.0 Å². The van der Waals surface area contributed by atoms with Crippen molar-refractivity contribution in [2.45, 2.75) is 38.5 Å². The SMILES string of the molecule is CCCN(CCC)S(=O)(=O)c1cccc(-c2nn(-c3ccccc3)cc2/C=C2\SC(=S)N(c3c(C)n(C)n(-c4ccccc4)c3=O)C2=O)c1. The van der Waals surface area contributed by atoms with Gasteiger partial charge in [0.15, 0.2) is 4.32 Å². The van der Waals surface area contributed by atoms with Crippen molar-refractivity contribution in [2.24, 2.45) is 7.05 Å². The lowest BCUT2D eigenvalue weighted by atomic mass is 10.1. The maximum atomic E-state index is 14.1. The lowest BCUT2D eigenvalue weighted by Crippen LogP contribution is -2.33. The van der Waals surface area contributed by atoms with E-state index in [2.05, 4.69) is 0 Å². The molecule has 0 unspecified atom stereocenters. The molecule has 1 fully saturated rings. The summed E-state index contributed by atoms with van der Waals surface area (Å²) in [7, 11) is -1.99. The van der Waals surface area contributed by atoms with E-state index >= 15 is 0 Å². The number of aromatic nitrogens is 4. The number of hydrogen-bond acceptors (Lipinski definition) is 7. The van der Waals surface area contributed by atoms with Crippen molar-refractivity contribution in [1.29, 1.82) is 0 Å². The lowest BCUT2D eigenvalue weighted by molar-refractivity contribution is -0.113. The molecule has 1 saturated heterocycles. The quantitative estimate of drug-likeness (QED) is 0.113. The third-order valence-electron chi connectivity index (χ3n) is 8.28. The first-order valence-electron chi connectivity index (χ1n) is 15.9. The van der Waals surface area contributed by atoms with E-state index in [1.807, 2.05) is 80.6 Å². The Labute approximate surface area is 295 Å². The van der Waals surface area contributed by atoms with Gasteiger partial charge in [-0.05, 0) is 62.2 Å². The molecule has 1 amide bonds. The highest BCUT2D eigenvalue weighted by atomic mass is 32.2. The zero-order valence-corrected chi connectivity index (χ0v) is 30.1.